The van der Waals surface area contributed by atoms with E-state index in [1.807, 2.05) is 0 Å². The summed E-state index contributed by atoms with van der Waals surface area (Å²) in [5.41, 5.74) is 4.26. The maximum Gasteiger partial charge on any atom is 0.0245 e. The summed E-state index contributed by atoms with van der Waals surface area (Å²) in [7, 11) is 0. The predicted molar refractivity (Wildman–Crippen MR) is 60.3 cm³/mol. The molecule has 0 amide bonds. The van der Waals surface area contributed by atoms with Gasteiger partial charge in [0.05, 0.1) is 0 Å². The van der Waals surface area contributed by atoms with E-state index in [1.165, 1.54) is 30.4 Å². The van der Waals surface area contributed by atoms with Gasteiger partial charge in [-0.2, -0.15) is 0 Å². The lowest BCUT2D eigenvalue weighted by Crippen LogP contribution is -2.23. The summed E-state index contributed by atoms with van der Waals surface area (Å²) in [6.07, 6.45) is 9.21. The Kier molecular flexibility index (Phi) is 2.11. The van der Waals surface area contributed by atoms with Gasteiger partial charge in [-0.3, -0.25) is 0 Å². The summed E-state index contributed by atoms with van der Waals surface area (Å²) in [6, 6.07) is 6.44. The molecule has 0 aromatic heterocycles. The van der Waals surface area contributed by atoms with Crippen LogP contribution in [-0.2, 0) is 11.8 Å². The Hall–Kier alpha value is -1.22. The molecule has 1 aromatic carbocycles. The maximum atomic E-state index is 5.42. The molecule has 0 fully saturated rings. The molecule has 1 aliphatic carbocycles. The van der Waals surface area contributed by atoms with E-state index in [0.717, 1.165) is 5.56 Å². The first kappa shape index (κ1) is 9.34. The Bertz CT molecular complexity index is 391. The van der Waals surface area contributed by atoms with Crippen molar-refractivity contribution in [2.45, 2.75) is 38.5 Å². The fraction of sp³-hybridized carbons (Fsp3) is 0.429. The van der Waals surface area contributed by atoms with Crippen molar-refractivity contribution < 1.29 is 0 Å². The van der Waals surface area contributed by atoms with Crippen molar-refractivity contribution in [1.82, 2.24) is 0 Å². The summed E-state index contributed by atoms with van der Waals surface area (Å²) in [5, 5.41) is 0. The normalized spacial score (nSPS) is 18.4. The molecule has 0 N–H and O–H groups in total. The van der Waals surface area contributed by atoms with Crippen LogP contribution in [0.1, 0.15) is 43.4 Å². The van der Waals surface area contributed by atoms with Crippen LogP contribution < -0.4 is 0 Å². The van der Waals surface area contributed by atoms with Crippen molar-refractivity contribution in [3.8, 4) is 12.3 Å². The van der Waals surface area contributed by atoms with Crippen molar-refractivity contribution in [3.63, 3.8) is 0 Å². The zero-order valence-electron chi connectivity index (χ0n) is 8.93. The number of aryl methyl sites for hydroxylation is 1. The Balaban J connectivity index is 2.56. The van der Waals surface area contributed by atoms with E-state index >= 15 is 0 Å². The van der Waals surface area contributed by atoms with Crippen LogP contribution in [-0.4, -0.2) is 0 Å². The zero-order chi connectivity index (χ0) is 10.2. The average molecular weight is 184 g/mol. The van der Waals surface area contributed by atoms with Crippen LogP contribution in [0.5, 0.6) is 0 Å². The second-order valence-corrected chi connectivity index (χ2v) is 4.75. The topological polar surface area (TPSA) is 0 Å². The molecule has 0 aliphatic heterocycles. The molecule has 0 atom stereocenters. The highest BCUT2D eigenvalue weighted by Crippen LogP contribution is 2.36. The summed E-state index contributed by atoms with van der Waals surface area (Å²) < 4.78 is 0. The summed E-state index contributed by atoms with van der Waals surface area (Å²) >= 11 is 0. The van der Waals surface area contributed by atoms with Gasteiger partial charge in [0.25, 0.3) is 0 Å². The molecule has 14 heavy (non-hydrogen) atoms. The Morgan fingerprint density at radius 1 is 1.36 bits per heavy atom. The molecule has 0 heteroatoms. The molecule has 1 aliphatic rings. The van der Waals surface area contributed by atoms with Crippen molar-refractivity contribution in [1.29, 1.82) is 0 Å². The van der Waals surface area contributed by atoms with Gasteiger partial charge in [0.2, 0.25) is 0 Å². The highest BCUT2D eigenvalue weighted by molar-refractivity contribution is 5.44. The summed E-state index contributed by atoms with van der Waals surface area (Å²) in [5.74, 6) is 2.71. The molecule has 0 bridgehead atoms. The van der Waals surface area contributed by atoms with Crippen LogP contribution in [0.2, 0.25) is 0 Å². The Labute approximate surface area is 86.3 Å². The Morgan fingerprint density at radius 3 is 2.86 bits per heavy atom. The number of benzene rings is 1. The third-order valence-electron chi connectivity index (χ3n) is 3.25. The van der Waals surface area contributed by atoms with E-state index < -0.39 is 0 Å². The van der Waals surface area contributed by atoms with Gasteiger partial charge in [-0.05, 0) is 47.9 Å². The number of hydrogen-bond acceptors (Lipinski definition) is 0. The molecule has 72 valence electrons. The quantitative estimate of drug-likeness (QED) is 0.543. The number of fused-ring (bicyclic) bond motifs is 1. The molecule has 0 saturated heterocycles. The zero-order valence-corrected chi connectivity index (χ0v) is 8.93. The minimum Gasteiger partial charge on any atom is -0.115 e. The fourth-order valence-corrected chi connectivity index (χ4v) is 2.37. The van der Waals surface area contributed by atoms with Crippen molar-refractivity contribution in [3.05, 3.63) is 34.9 Å². The molecule has 0 nitrogen and oxygen atoms in total. The SMILES string of the molecule is C#Cc1ccc2c(c1)C(C)(C)CCC2. The van der Waals surface area contributed by atoms with Crippen molar-refractivity contribution in [2.75, 3.05) is 0 Å². The molecule has 1 aromatic rings. The molecule has 2 rings (SSSR count). The van der Waals surface area contributed by atoms with Gasteiger partial charge in [0.15, 0.2) is 0 Å². The van der Waals surface area contributed by atoms with E-state index in [-0.39, 0.29) is 0 Å². The minimum absolute atomic E-state index is 0.306. The Morgan fingerprint density at radius 2 is 2.14 bits per heavy atom. The van der Waals surface area contributed by atoms with Crippen LogP contribution in [0.25, 0.3) is 0 Å². The van der Waals surface area contributed by atoms with E-state index in [4.69, 9.17) is 6.42 Å². The smallest absolute Gasteiger partial charge is 0.0245 e. The van der Waals surface area contributed by atoms with Gasteiger partial charge in [0.1, 0.15) is 0 Å². The van der Waals surface area contributed by atoms with Gasteiger partial charge in [-0.1, -0.05) is 25.8 Å². The lowest BCUT2D eigenvalue weighted by atomic mass is 9.72. The first-order valence-corrected chi connectivity index (χ1v) is 5.23. The van der Waals surface area contributed by atoms with Gasteiger partial charge in [-0.25, -0.2) is 0 Å². The van der Waals surface area contributed by atoms with Crippen molar-refractivity contribution in [2.24, 2.45) is 0 Å². The van der Waals surface area contributed by atoms with Crippen LogP contribution in [0.15, 0.2) is 18.2 Å². The van der Waals surface area contributed by atoms with Gasteiger partial charge >= 0.3 is 0 Å². The average Bonchev–Trinajstić information content (AvgIpc) is 2.17. The van der Waals surface area contributed by atoms with Crippen LogP contribution in [0, 0.1) is 12.3 Å². The monoisotopic (exact) mass is 184 g/mol. The molecular weight excluding hydrogens is 168 g/mol. The fourth-order valence-electron chi connectivity index (χ4n) is 2.37. The number of rotatable bonds is 0. The molecule has 0 heterocycles. The van der Waals surface area contributed by atoms with Crippen molar-refractivity contribution >= 4 is 0 Å². The van der Waals surface area contributed by atoms with E-state index in [1.54, 1.807) is 0 Å². The first-order chi connectivity index (χ1) is 6.63. The maximum absolute atomic E-state index is 5.42. The van der Waals surface area contributed by atoms with Gasteiger partial charge in [0, 0.05) is 5.56 Å². The largest absolute Gasteiger partial charge is 0.115 e. The van der Waals surface area contributed by atoms with Crippen LogP contribution in [0.3, 0.4) is 0 Å². The lowest BCUT2D eigenvalue weighted by molar-refractivity contribution is 0.432. The van der Waals surface area contributed by atoms with E-state index in [2.05, 4.69) is 38.0 Å². The number of terminal acetylenes is 1. The second kappa shape index (κ2) is 3.17. The first-order valence-electron chi connectivity index (χ1n) is 5.23. The molecule has 0 radical (unpaired) electrons. The molecular formula is C14H16. The highest BCUT2D eigenvalue weighted by Gasteiger charge is 2.26. The van der Waals surface area contributed by atoms with Crippen LogP contribution >= 0.6 is 0 Å². The third-order valence-corrected chi connectivity index (χ3v) is 3.25. The number of hydrogen-bond donors (Lipinski definition) is 0. The molecule has 0 spiro atoms. The van der Waals surface area contributed by atoms with E-state index in [9.17, 15) is 0 Å². The molecule has 0 saturated carbocycles. The lowest BCUT2D eigenvalue weighted by Gasteiger charge is -2.32. The minimum atomic E-state index is 0.306. The third kappa shape index (κ3) is 1.44. The summed E-state index contributed by atoms with van der Waals surface area (Å²) in [4.78, 5) is 0. The van der Waals surface area contributed by atoms with Gasteiger partial charge in [-0.15, -0.1) is 6.42 Å². The standard InChI is InChI=1S/C14H16/c1-4-11-7-8-12-6-5-9-14(2,3)13(12)10-11/h1,7-8,10H,5-6,9H2,2-3H3. The van der Waals surface area contributed by atoms with E-state index in [0.29, 0.717) is 5.41 Å². The molecule has 0 unspecified atom stereocenters. The van der Waals surface area contributed by atoms with Gasteiger partial charge < -0.3 is 0 Å². The van der Waals surface area contributed by atoms with Crippen LogP contribution in [0.4, 0.5) is 0 Å². The second-order valence-electron chi connectivity index (χ2n) is 4.75. The predicted octanol–water partition coefficient (Wildman–Crippen LogP) is 3.28. The highest BCUT2D eigenvalue weighted by atomic mass is 14.3. The summed E-state index contributed by atoms with van der Waals surface area (Å²) in [6.45, 7) is 4.62.